The van der Waals surface area contributed by atoms with Crippen LogP contribution < -0.4 is 24.8 Å². The average Bonchev–Trinajstić information content (AvgIpc) is 4.04. The zero-order chi connectivity index (χ0) is 56.0. The number of ether oxygens (including phenoxy) is 6. The number of benzene rings is 4. The molecule has 4 aromatic carbocycles. The van der Waals surface area contributed by atoms with Crippen LogP contribution in [0.25, 0.3) is 11.1 Å². The summed E-state index contributed by atoms with van der Waals surface area (Å²) >= 11 is 0. The number of hydrogen-bond acceptors (Lipinski definition) is 12. The monoisotopic (exact) mass is 1080 g/mol. The van der Waals surface area contributed by atoms with Gasteiger partial charge in [-0.05, 0) is 109 Å². The van der Waals surface area contributed by atoms with Crippen LogP contribution >= 0.6 is 0 Å². The van der Waals surface area contributed by atoms with Gasteiger partial charge in [0.1, 0.15) is 30.6 Å². The number of nitrogens with one attached hydrogen (secondary N) is 2. The largest absolute Gasteiger partial charge is 0.493 e. The highest BCUT2D eigenvalue weighted by Crippen LogP contribution is 2.41. The number of aryl methyl sites for hydroxylation is 1. The van der Waals surface area contributed by atoms with E-state index in [4.69, 9.17) is 32.8 Å². The van der Waals surface area contributed by atoms with Crippen molar-refractivity contribution in [3.05, 3.63) is 150 Å². The second kappa shape index (κ2) is 26.3. The second-order valence-electron chi connectivity index (χ2n) is 19.9. The van der Waals surface area contributed by atoms with Gasteiger partial charge >= 0.3 is 18.2 Å². The van der Waals surface area contributed by atoms with Crippen molar-refractivity contribution < 1.29 is 65.6 Å². The van der Waals surface area contributed by atoms with Crippen LogP contribution in [0.5, 0.6) is 17.2 Å². The SMILES string of the molecule is C=CCOC(=O)COC(=O)Nc1cc(OCCCOc2cc(NC(=O)OCC=C)c(C(=O)N3C=C(c4ccc(F)cc4)C[C@H]3CO[Si](C)(C)C(C)(C)C)cc2C)c(OC)cc1C(=O)N1C=C(c2ccc(F)cc2)C[C@H]1CC. The molecule has 2 N–H and O–H groups in total. The Labute approximate surface area is 449 Å². The Hall–Kier alpha value is -7.77. The van der Waals surface area contributed by atoms with Gasteiger partial charge in [0.2, 0.25) is 0 Å². The van der Waals surface area contributed by atoms with Crippen molar-refractivity contribution in [2.24, 2.45) is 0 Å². The van der Waals surface area contributed by atoms with Gasteiger partial charge in [0, 0.05) is 37.0 Å². The van der Waals surface area contributed by atoms with Crippen LogP contribution in [0.1, 0.15) is 90.8 Å². The number of rotatable bonds is 23. The number of carbonyl (C=O) groups excluding carboxylic acids is 5. The Balaban J connectivity index is 1.22. The summed E-state index contributed by atoms with van der Waals surface area (Å²) in [5.41, 5.74) is 4.04. The molecule has 0 saturated carbocycles. The van der Waals surface area contributed by atoms with Crippen molar-refractivity contribution in [2.75, 3.05) is 57.4 Å². The fraction of sp³-hybridized carbons (Fsp3) is 0.362. The van der Waals surface area contributed by atoms with Crippen LogP contribution in [-0.4, -0.2) is 107 Å². The molecular weight excluding hydrogens is 1010 g/mol. The lowest BCUT2D eigenvalue weighted by Crippen LogP contribution is -2.45. The molecule has 0 aromatic heterocycles. The summed E-state index contributed by atoms with van der Waals surface area (Å²) in [7, 11) is -0.858. The van der Waals surface area contributed by atoms with E-state index < -0.39 is 50.9 Å². The summed E-state index contributed by atoms with van der Waals surface area (Å²) in [6.07, 6.45) is 6.18. The molecule has 0 unspecified atom stereocenters. The van der Waals surface area contributed by atoms with Crippen molar-refractivity contribution in [1.29, 1.82) is 0 Å². The van der Waals surface area contributed by atoms with Gasteiger partial charge < -0.3 is 42.6 Å². The molecule has 0 radical (unpaired) electrons. The van der Waals surface area contributed by atoms with Gasteiger partial charge in [0.15, 0.2) is 26.4 Å². The van der Waals surface area contributed by atoms with E-state index in [9.17, 15) is 32.8 Å². The fourth-order valence-electron chi connectivity index (χ4n) is 8.20. The predicted octanol–water partition coefficient (Wildman–Crippen LogP) is 12.1. The minimum atomic E-state index is -2.26. The third-order valence-electron chi connectivity index (χ3n) is 13.5. The van der Waals surface area contributed by atoms with E-state index in [0.29, 0.717) is 30.6 Å². The lowest BCUT2D eigenvalue weighted by molar-refractivity contribution is -0.145. The minimum absolute atomic E-state index is 0.00699. The van der Waals surface area contributed by atoms with Crippen LogP contribution in [0, 0.1) is 18.6 Å². The first-order chi connectivity index (χ1) is 36.7. The quantitative estimate of drug-likeness (QED) is 0.0236. The third kappa shape index (κ3) is 15.2. The standard InChI is InChI=1S/C58H68F2N4O12Si/c1-11-23-73-53(65)36-75-57(69)62-49-32-52(51(70-8)30-47(49)55(67)63-33-40(28-44(63)13-3)38-15-19-42(59)20-16-38)72-26-14-25-71-50-31-48(61-56(68)74-24-12-2)46(27-37(50)4)54(66)64-34-41(39-17-21-43(60)22-18-39)29-45(64)35-76-77(9,10)58(5,6)7/h11-12,15-22,27,30-34,44-45H,1-2,13-14,23-26,28-29,35-36H2,3-10H3,(H,61,68)(H,62,69)/t44-,45+/m1/s1. The Bertz CT molecular complexity index is 2880. The van der Waals surface area contributed by atoms with E-state index in [1.807, 2.05) is 6.92 Å². The van der Waals surface area contributed by atoms with E-state index >= 15 is 0 Å². The van der Waals surface area contributed by atoms with Gasteiger partial charge in [-0.15, -0.1) is 0 Å². The highest BCUT2D eigenvalue weighted by Gasteiger charge is 2.40. The summed E-state index contributed by atoms with van der Waals surface area (Å²) in [5.74, 6) is -1.82. The predicted molar refractivity (Wildman–Crippen MR) is 292 cm³/mol. The van der Waals surface area contributed by atoms with E-state index in [-0.39, 0.29) is 96.2 Å². The van der Waals surface area contributed by atoms with Gasteiger partial charge in [-0.2, -0.15) is 0 Å². The lowest BCUT2D eigenvalue weighted by Gasteiger charge is -2.38. The number of esters is 1. The molecule has 2 aliphatic heterocycles. The maximum Gasteiger partial charge on any atom is 0.412 e. The average molecular weight is 1080 g/mol. The van der Waals surface area contributed by atoms with Gasteiger partial charge in [0.25, 0.3) is 11.8 Å². The highest BCUT2D eigenvalue weighted by molar-refractivity contribution is 6.74. The second-order valence-corrected chi connectivity index (χ2v) is 24.7. The molecule has 0 fully saturated rings. The zero-order valence-electron chi connectivity index (χ0n) is 44.9. The summed E-state index contributed by atoms with van der Waals surface area (Å²) in [6, 6.07) is 17.4. The Morgan fingerprint density at radius 3 is 1.73 bits per heavy atom. The molecule has 0 saturated heterocycles. The number of anilines is 2. The van der Waals surface area contributed by atoms with Gasteiger partial charge in [-0.25, -0.2) is 23.2 Å². The molecule has 410 valence electrons. The lowest BCUT2D eigenvalue weighted by atomic mass is 10.0. The molecule has 2 heterocycles. The molecule has 77 heavy (non-hydrogen) atoms. The summed E-state index contributed by atoms with van der Waals surface area (Å²) in [5, 5.41) is 5.19. The molecular formula is C58H68F2N4O12Si. The normalized spacial score (nSPS) is 15.2. The molecule has 2 atom stereocenters. The van der Waals surface area contributed by atoms with Crippen LogP contribution in [-0.2, 0) is 23.4 Å². The first kappa shape index (κ1) is 58.5. The summed E-state index contributed by atoms with van der Waals surface area (Å²) in [6.45, 7) is 21.0. The number of nitrogens with zero attached hydrogens (tertiary/aromatic N) is 2. The molecule has 0 bridgehead atoms. The van der Waals surface area contributed by atoms with E-state index in [0.717, 1.165) is 22.3 Å². The van der Waals surface area contributed by atoms with Crippen LogP contribution in [0.3, 0.4) is 0 Å². The van der Waals surface area contributed by atoms with E-state index in [1.54, 1.807) is 65.5 Å². The van der Waals surface area contributed by atoms with Gasteiger partial charge in [-0.1, -0.05) is 77.3 Å². The zero-order valence-corrected chi connectivity index (χ0v) is 45.9. The Morgan fingerprint density at radius 2 is 1.19 bits per heavy atom. The molecule has 4 amide bonds. The van der Waals surface area contributed by atoms with E-state index in [1.165, 1.54) is 55.7 Å². The van der Waals surface area contributed by atoms with Crippen LogP contribution in [0.15, 0.2) is 111 Å². The van der Waals surface area contributed by atoms with Crippen LogP contribution in [0.2, 0.25) is 18.1 Å². The molecule has 19 heteroatoms. The summed E-state index contributed by atoms with van der Waals surface area (Å²) in [4.78, 5) is 70.8. The molecule has 16 nitrogen and oxygen atoms in total. The topological polar surface area (TPSA) is 180 Å². The van der Waals surface area contributed by atoms with Crippen LogP contribution in [0.4, 0.5) is 29.7 Å². The van der Waals surface area contributed by atoms with Gasteiger partial charge in [0.05, 0.1) is 55.5 Å². The smallest absolute Gasteiger partial charge is 0.412 e. The molecule has 4 aromatic rings. The van der Waals surface area contributed by atoms with Crippen molar-refractivity contribution >= 4 is 60.8 Å². The summed E-state index contributed by atoms with van der Waals surface area (Å²) < 4.78 is 67.8. The van der Waals surface area contributed by atoms with Crippen molar-refractivity contribution in [1.82, 2.24) is 9.80 Å². The third-order valence-corrected chi connectivity index (χ3v) is 18.0. The van der Waals surface area contributed by atoms with Gasteiger partial charge in [-0.3, -0.25) is 20.2 Å². The fourth-order valence-corrected chi connectivity index (χ4v) is 9.24. The molecule has 0 spiro atoms. The van der Waals surface area contributed by atoms with Crippen molar-refractivity contribution in [3.8, 4) is 17.2 Å². The first-order valence-electron chi connectivity index (χ1n) is 25.3. The van der Waals surface area contributed by atoms with Crippen molar-refractivity contribution in [3.63, 3.8) is 0 Å². The van der Waals surface area contributed by atoms with Crippen molar-refractivity contribution in [2.45, 2.75) is 90.5 Å². The number of amides is 4. The maximum absolute atomic E-state index is 14.8. The highest BCUT2D eigenvalue weighted by atomic mass is 28.4. The minimum Gasteiger partial charge on any atom is -0.493 e. The number of hydrogen-bond donors (Lipinski definition) is 2. The molecule has 2 aliphatic rings. The maximum atomic E-state index is 14.8. The Kier molecular flexibility index (Phi) is 20.0. The number of halogens is 2. The Morgan fingerprint density at radius 1 is 0.701 bits per heavy atom. The molecule has 6 rings (SSSR count). The molecule has 0 aliphatic carbocycles. The number of methoxy groups -OCH3 is 1. The van der Waals surface area contributed by atoms with E-state index in [2.05, 4.69) is 57.7 Å². The number of carbonyl (C=O) groups is 5. The first-order valence-corrected chi connectivity index (χ1v) is 28.2.